The van der Waals surface area contributed by atoms with Gasteiger partial charge in [0.1, 0.15) is 6.04 Å². The van der Waals surface area contributed by atoms with Gasteiger partial charge in [0.25, 0.3) is 0 Å². The molecule has 0 saturated heterocycles. The molecule has 0 saturated carbocycles. The van der Waals surface area contributed by atoms with Gasteiger partial charge >= 0.3 is 0 Å². The van der Waals surface area contributed by atoms with E-state index in [0.717, 1.165) is 0 Å². The first kappa shape index (κ1) is 10.2. The van der Waals surface area contributed by atoms with Crippen molar-refractivity contribution < 1.29 is 0 Å². The van der Waals surface area contributed by atoms with Crippen LogP contribution in [-0.2, 0) is 0 Å². The highest BCUT2D eigenvalue weighted by Crippen LogP contribution is 2.37. The molecule has 0 heterocycles. The first-order chi connectivity index (χ1) is 7.11. The zero-order chi connectivity index (χ0) is 11.0. The van der Waals surface area contributed by atoms with Crippen molar-refractivity contribution in [2.45, 2.75) is 0 Å². The Labute approximate surface area is 91.8 Å². The van der Waals surface area contributed by atoms with E-state index in [-0.39, 0.29) is 0 Å². The predicted molar refractivity (Wildman–Crippen MR) is 64.1 cm³/mol. The Morgan fingerprint density at radius 2 is 1.53 bits per heavy atom. The van der Waals surface area contributed by atoms with Gasteiger partial charge in [0.2, 0.25) is 0 Å². The quantitative estimate of drug-likeness (QED) is 0.722. The van der Waals surface area contributed by atoms with Crippen LogP contribution in [0.5, 0.6) is 0 Å². The summed E-state index contributed by atoms with van der Waals surface area (Å²) in [5.41, 5.74) is 3.91. The number of benzene rings is 1. The zero-order valence-corrected chi connectivity index (χ0v) is 9.78. The maximum absolute atomic E-state index is 2.24. The van der Waals surface area contributed by atoms with Crippen molar-refractivity contribution in [3.05, 3.63) is 47.1 Å². The molecule has 0 aromatic heterocycles. The molecule has 2 heteroatoms. The van der Waals surface area contributed by atoms with Crippen molar-refractivity contribution in [2.75, 3.05) is 28.2 Å². The van der Waals surface area contributed by atoms with Crippen molar-refractivity contribution >= 4 is 6.08 Å². The second-order valence-corrected chi connectivity index (χ2v) is 4.25. The first-order valence-corrected chi connectivity index (χ1v) is 5.14. The minimum atomic E-state index is 1.28. The molecule has 0 unspecified atom stereocenters. The van der Waals surface area contributed by atoms with Crippen LogP contribution in [0.15, 0.2) is 30.0 Å². The summed E-state index contributed by atoms with van der Waals surface area (Å²) >= 11 is 0. The Morgan fingerprint density at radius 1 is 0.867 bits per heavy atom. The molecule has 1 radical (unpaired) electrons. The molecule has 0 atom stereocenters. The molecule has 1 aliphatic rings. The third kappa shape index (κ3) is 1.65. The summed E-state index contributed by atoms with van der Waals surface area (Å²) in [5.74, 6) is 0. The van der Waals surface area contributed by atoms with Gasteiger partial charge in [-0.05, 0) is 31.3 Å². The average molecular weight is 201 g/mol. The SMILES string of the molecule is CN(C)[C]1C(N(C)C)=Cc2ccccc21. The highest BCUT2D eigenvalue weighted by atomic mass is 15.2. The van der Waals surface area contributed by atoms with E-state index in [1.807, 2.05) is 0 Å². The van der Waals surface area contributed by atoms with E-state index in [0.29, 0.717) is 0 Å². The van der Waals surface area contributed by atoms with Crippen molar-refractivity contribution in [3.8, 4) is 0 Å². The van der Waals surface area contributed by atoms with E-state index in [1.54, 1.807) is 0 Å². The summed E-state index contributed by atoms with van der Waals surface area (Å²) in [7, 11) is 8.35. The molecule has 1 aliphatic carbocycles. The average Bonchev–Trinajstić information content (AvgIpc) is 2.56. The Hall–Kier alpha value is -1.28. The van der Waals surface area contributed by atoms with E-state index < -0.39 is 0 Å². The summed E-state index contributed by atoms with van der Waals surface area (Å²) in [5, 5.41) is 0. The molecular formula is C13H17N2. The van der Waals surface area contributed by atoms with E-state index >= 15 is 0 Å². The van der Waals surface area contributed by atoms with E-state index in [9.17, 15) is 0 Å². The van der Waals surface area contributed by atoms with E-state index in [4.69, 9.17) is 0 Å². The summed E-state index contributed by atoms with van der Waals surface area (Å²) in [4.78, 5) is 4.34. The highest BCUT2D eigenvalue weighted by Gasteiger charge is 2.28. The molecule has 2 nitrogen and oxygen atoms in total. The van der Waals surface area contributed by atoms with Gasteiger partial charge in [0, 0.05) is 19.8 Å². The topological polar surface area (TPSA) is 6.48 Å². The molecule has 0 bridgehead atoms. The smallest absolute Gasteiger partial charge is 0.115 e. The third-order valence-corrected chi connectivity index (χ3v) is 2.68. The van der Waals surface area contributed by atoms with Crippen LogP contribution in [0.2, 0.25) is 0 Å². The van der Waals surface area contributed by atoms with Gasteiger partial charge in [0.05, 0.1) is 0 Å². The molecule has 0 aliphatic heterocycles. The second-order valence-electron chi connectivity index (χ2n) is 4.25. The Morgan fingerprint density at radius 3 is 2.13 bits per heavy atom. The number of hydrogen-bond donors (Lipinski definition) is 0. The standard InChI is InChI=1S/C13H17N2/c1-14(2)12-9-10-7-5-6-8-11(10)13(12)15(3)4/h5-9H,1-4H3. The van der Waals surface area contributed by atoms with Crippen LogP contribution in [0.3, 0.4) is 0 Å². The second kappa shape index (κ2) is 3.70. The van der Waals surface area contributed by atoms with Crippen molar-refractivity contribution in [2.24, 2.45) is 0 Å². The van der Waals surface area contributed by atoms with Gasteiger partial charge in [-0.1, -0.05) is 24.3 Å². The molecule has 79 valence electrons. The van der Waals surface area contributed by atoms with Gasteiger partial charge < -0.3 is 4.90 Å². The van der Waals surface area contributed by atoms with E-state index in [1.165, 1.54) is 22.9 Å². The zero-order valence-electron chi connectivity index (χ0n) is 9.78. The molecule has 1 aromatic rings. The predicted octanol–water partition coefficient (Wildman–Crippen LogP) is 2.04. The summed E-state index contributed by atoms with van der Waals surface area (Å²) in [6, 6.07) is 9.82. The maximum atomic E-state index is 2.24. The number of hydrogen-bond acceptors (Lipinski definition) is 2. The Bertz CT molecular complexity index is 391. The van der Waals surface area contributed by atoms with Crippen LogP contribution in [0.25, 0.3) is 6.08 Å². The number of likely N-dealkylation sites (N-methyl/N-ethyl adjacent to an activating group) is 2. The third-order valence-electron chi connectivity index (χ3n) is 2.68. The largest absolute Gasteiger partial charge is 0.379 e. The molecule has 1 aromatic carbocycles. The van der Waals surface area contributed by atoms with Gasteiger partial charge in [-0.3, -0.25) is 4.90 Å². The number of fused-ring (bicyclic) bond motifs is 1. The lowest BCUT2D eigenvalue weighted by atomic mass is 10.1. The number of nitrogens with zero attached hydrogens (tertiary/aromatic N) is 2. The minimum Gasteiger partial charge on any atom is -0.379 e. The fourth-order valence-electron chi connectivity index (χ4n) is 2.00. The molecule has 2 rings (SSSR count). The molecular weight excluding hydrogens is 184 g/mol. The lowest BCUT2D eigenvalue weighted by molar-refractivity contribution is 0.402. The van der Waals surface area contributed by atoms with E-state index in [2.05, 4.69) is 68.3 Å². The fourth-order valence-corrected chi connectivity index (χ4v) is 2.00. The lowest BCUT2D eigenvalue weighted by Crippen LogP contribution is -2.27. The molecule has 0 N–H and O–H groups in total. The van der Waals surface area contributed by atoms with Crippen molar-refractivity contribution in [3.63, 3.8) is 0 Å². The fraction of sp³-hybridized carbons (Fsp3) is 0.308. The lowest BCUT2D eigenvalue weighted by Gasteiger charge is -2.27. The Balaban J connectivity index is 2.47. The van der Waals surface area contributed by atoms with Crippen LogP contribution in [0.1, 0.15) is 11.1 Å². The van der Waals surface area contributed by atoms with Crippen LogP contribution >= 0.6 is 0 Å². The van der Waals surface area contributed by atoms with Gasteiger partial charge in [-0.25, -0.2) is 0 Å². The van der Waals surface area contributed by atoms with Gasteiger partial charge in [-0.15, -0.1) is 0 Å². The molecule has 0 spiro atoms. The normalized spacial score (nSPS) is 15.4. The minimum absolute atomic E-state index is 1.28. The first-order valence-electron chi connectivity index (χ1n) is 5.14. The van der Waals surface area contributed by atoms with Crippen LogP contribution in [0.4, 0.5) is 0 Å². The van der Waals surface area contributed by atoms with Crippen LogP contribution < -0.4 is 0 Å². The molecule has 15 heavy (non-hydrogen) atoms. The molecule has 0 amide bonds. The van der Waals surface area contributed by atoms with Gasteiger partial charge in [-0.2, -0.15) is 0 Å². The number of rotatable bonds is 2. The Kier molecular flexibility index (Phi) is 2.53. The maximum Gasteiger partial charge on any atom is 0.115 e. The van der Waals surface area contributed by atoms with Gasteiger partial charge in [0.15, 0.2) is 0 Å². The van der Waals surface area contributed by atoms with Crippen LogP contribution in [0, 0.1) is 6.04 Å². The van der Waals surface area contributed by atoms with Crippen molar-refractivity contribution in [1.82, 2.24) is 9.80 Å². The summed E-state index contributed by atoms with van der Waals surface area (Å²) in [6.07, 6.45) is 2.24. The monoisotopic (exact) mass is 201 g/mol. The summed E-state index contributed by atoms with van der Waals surface area (Å²) < 4.78 is 0. The molecule has 0 fully saturated rings. The summed E-state index contributed by atoms with van der Waals surface area (Å²) in [6.45, 7) is 0. The van der Waals surface area contributed by atoms with Crippen LogP contribution in [-0.4, -0.2) is 38.0 Å². The highest BCUT2D eigenvalue weighted by molar-refractivity contribution is 5.72. The van der Waals surface area contributed by atoms with Crippen molar-refractivity contribution in [1.29, 1.82) is 0 Å².